The molecule has 0 unspecified atom stereocenters. The monoisotopic (exact) mass is 344 g/mol. The number of fused-ring (bicyclic) bond motifs is 1. The lowest BCUT2D eigenvalue weighted by Gasteiger charge is -2.21. The molecule has 5 nitrogen and oxygen atoms in total. The molecular formula is C21H20N4O. The summed E-state index contributed by atoms with van der Waals surface area (Å²) in [5.41, 5.74) is 5.19. The van der Waals surface area contributed by atoms with Crippen LogP contribution in [0.3, 0.4) is 0 Å². The fraction of sp³-hybridized carbons (Fsp3) is 0.143. The number of aromatic nitrogens is 3. The molecule has 0 bridgehead atoms. The first-order chi connectivity index (χ1) is 12.6. The zero-order chi connectivity index (χ0) is 18.1. The summed E-state index contributed by atoms with van der Waals surface area (Å²) in [5, 5.41) is 19.9. The highest BCUT2D eigenvalue weighted by Crippen LogP contribution is 2.29. The van der Waals surface area contributed by atoms with Crippen molar-refractivity contribution >= 4 is 16.7 Å². The van der Waals surface area contributed by atoms with Crippen LogP contribution in [0.25, 0.3) is 16.7 Å². The quantitative estimate of drug-likeness (QED) is 0.606. The number of phenols is 1. The molecular weight excluding hydrogens is 324 g/mol. The minimum Gasteiger partial charge on any atom is -0.505 e. The molecule has 0 radical (unpaired) electrons. The van der Waals surface area contributed by atoms with Crippen molar-refractivity contribution in [3.63, 3.8) is 0 Å². The van der Waals surface area contributed by atoms with Crippen LogP contribution in [0.15, 0.2) is 66.7 Å². The van der Waals surface area contributed by atoms with E-state index in [0.717, 1.165) is 27.8 Å². The Labute approximate surface area is 152 Å². The van der Waals surface area contributed by atoms with Gasteiger partial charge in [-0.05, 0) is 42.8 Å². The number of aryl methyl sites for hydroxylation is 1. The van der Waals surface area contributed by atoms with Crippen LogP contribution in [0.4, 0.5) is 5.69 Å². The number of nitrogens with zero attached hydrogens (tertiary/aromatic N) is 4. The molecule has 0 fully saturated rings. The summed E-state index contributed by atoms with van der Waals surface area (Å²) in [7, 11) is 2.01. The fourth-order valence-corrected chi connectivity index (χ4v) is 3.10. The summed E-state index contributed by atoms with van der Waals surface area (Å²) in [6, 6.07) is 21.7. The molecule has 0 saturated heterocycles. The lowest BCUT2D eigenvalue weighted by Crippen LogP contribution is -2.17. The third-order valence-electron chi connectivity index (χ3n) is 4.42. The summed E-state index contributed by atoms with van der Waals surface area (Å²) in [6.45, 7) is 2.60. The average Bonchev–Trinajstić information content (AvgIpc) is 3.09. The van der Waals surface area contributed by atoms with Gasteiger partial charge in [-0.25, -0.2) is 0 Å². The van der Waals surface area contributed by atoms with Crippen molar-refractivity contribution in [1.82, 2.24) is 15.0 Å². The van der Waals surface area contributed by atoms with Crippen molar-refractivity contribution in [3.05, 3.63) is 77.9 Å². The van der Waals surface area contributed by atoms with Gasteiger partial charge in [0, 0.05) is 24.8 Å². The van der Waals surface area contributed by atoms with E-state index >= 15 is 0 Å². The zero-order valence-corrected chi connectivity index (χ0v) is 14.8. The molecule has 0 aliphatic rings. The van der Waals surface area contributed by atoms with E-state index in [9.17, 15) is 5.11 Å². The van der Waals surface area contributed by atoms with Gasteiger partial charge in [0.25, 0.3) is 0 Å². The molecule has 130 valence electrons. The third kappa shape index (κ3) is 2.99. The molecule has 1 N–H and O–H groups in total. The van der Waals surface area contributed by atoms with Gasteiger partial charge in [0.05, 0.1) is 0 Å². The molecule has 26 heavy (non-hydrogen) atoms. The van der Waals surface area contributed by atoms with Crippen molar-refractivity contribution < 1.29 is 5.11 Å². The molecule has 5 heteroatoms. The van der Waals surface area contributed by atoms with Gasteiger partial charge in [0.15, 0.2) is 0 Å². The van der Waals surface area contributed by atoms with E-state index in [-0.39, 0.29) is 5.75 Å². The number of benzene rings is 3. The number of rotatable bonds is 4. The van der Waals surface area contributed by atoms with Crippen LogP contribution >= 0.6 is 0 Å². The van der Waals surface area contributed by atoms with E-state index in [1.54, 1.807) is 0 Å². The summed E-state index contributed by atoms with van der Waals surface area (Å²) < 4.78 is 0. The molecule has 1 heterocycles. The summed E-state index contributed by atoms with van der Waals surface area (Å²) in [5.74, 6) is 0.207. The molecule has 0 amide bonds. The van der Waals surface area contributed by atoms with Crippen LogP contribution in [0.2, 0.25) is 0 Å². The largest absolute Gasteiger partial charge is 0.505 e. The second kappa shape index (κ2) is 6.52. The van der Waals surface area contributed by atoms with E-state index in [2.05, 4.69) is 27.2 Å². The molecule has 0 aliphatic heterocycles. The average molecular weight is 344 g/mol. The van der Waals surface area contributed by atoms with Gasteiger partial charge in [-0.2, -0.15) is 0 Å². The highest BCUT2D eigenvalue weighted by atomic mass is 16.3. The lowest BCUT2D eigenvalue weighted by molar-refractivity contribution is 0.460. The standard InChI is InChI=1S/C21H20N4O/c1-15-12-16(14-24(2)17-8-4-3-5-9-17)21(26)20(13-15)25-22-18-10-6-7-11-19(18)23-25/h3-13,26H,14H2,1-2H3. The Kier molecular flexibility index (Phi) is 4.05. The van der Waals surface area contributed by atoms with E-state index < -0.39 is 0 Å². The van der Waals surface area contributed by atoms with E-state index in [1.807, 2.05) is 68.6 Å². The minimum absolute atomic E-state index is 0.207. The van der Waals surface area contributed by atoms with Crippen LogP contribution in [0, 0.1) is 6.92 Å². The fourth-order valence-electron chi connectivity index (χ4n) is 3.10. The normalized spacial score (nSPS) is 11.0. The number of para-hydroxylation sites is 1. The highest BCUT2D eigenvalue weighted by Gasteiger charge is 2.15. The second-order valence-electron chi connectivity index (χ2n) is 6.46. The van der Waals surface area contributed by atoms with Gasteiger partial charge in [-0.1, -0.05) is 36.4 Å². The Bertz CT molecular complexity index is 1020. The number of hydrogen-bond donors (Lipinski definition) is 1. The van der Waals surface area contributed by atoms with Crippen molar-refractivity contribution in [3.8, 4) is 11.4 Å². The van der Waals surface area contributed by atoms with Gasteiger partial charge in [-0.3, -0.25) is 0 Å². The van der Waals surface area contributed by atoms with Gasteiger partial charge in [0.2, 0.25) is 0 Å². The Morgan fingerprint density at radius 3 is 2.19 bits per heavy atom. The number of anilines is 1. The predicted molar refractivity (Wildman–Crippen MR) is 104 cm³/mol. The van der Waals surface area contributed by atoms with Crippen LogP contribution in [0.1, 0.15) is 11.1 Å². The Morgan fingerprint density at radius 1 is 0.923 bits per heavy atom. The van der Waals surface area contributed by atoms with Gasteiger partial charge >= 0.3 is 0 Å². The van der Waals surface area contributed by atoms with E-state index in [4.69, 9.17) is 0 Å². The van der Waals surface area contributed by atoms with E-state index in [0.29, 0.717) is 12.2 Å². The molecule has 1 aromatic heterocycles. The van der Waals surface area contributed by atoms with Crippen molar-refractivity contribution in [2.24, 2.45) is 0 Å². The Balaban J connectivity index is 1.73. The van der Waals surface area contributed by atoms with Gasteiger partial charge in [0.1, 0.15) is 22.5 Å². The summed E-state index contributed by atoms with van der Waals surface area (Å²) in [6.07, 6.45) is 0. The molecule has 3 aromatic carbocycles. The van der Waals surface area contributed by atoms with Crippen molar-refractivity contribution in [2.45, 2.75) is 13.5 Å². The maximum Gasteiger partial charge on any atom is 0.148 e. The number of phenolic OH excluding ortho intramolecular Hbond substituents is 1. The third-order valence-corrected chi connectivity index (χ3v) is 4.42. The van der Waals surface area contributed by atoms with Gasteiger partial charge in [-0.15, -0.1) is 15.0 Å². The maximum absolute atomic E-state index is 10.9. The SMILES string of the molecule is Cc1cc(CN(C)c2ccccc2)c(O)c(-n2nc3ccccc3n2)c1. The van der Waals surface area contributed by atoms with Crippen LogP contribution in [-0.4, -0.2) is 27.1 Å². The van der Waals surface area contributed by atoms with Crippen LogP contribution < -0.4 is 4.90 Å². The minimum atomic E-state index is 0.207. The maximum atomic E-state index is 10.9. The molecule has 4 rings (SSSR count). The Hall–Kier alpha value is -3.34. The second-order valence-corrected chi connectivity index (χ2v) is 6.46. The smallest absolute Gasteiger partial charge is 0.148 e. The van der Waals surface area contributed by atoms with Crippen LogP contribution in [-0.2, 0) is 6.54 Å². The number of hydrogen-bond acceptors (Lipinski definition) is 4. The number of aromatic hydroxyl groups is 1. The van der Waals surface area contributed by atoms with Crippen molar-refractivity contribution in [2.75, 3.05) is 11.9 Å². The summed E-state index contributed by atoms with van der Waals surface area (Å²) >= 11 is 0. The zero-order valence-electron chi connectivity index (χ0n) is 14.8. The first kappa shape index (κ1) is 16.1. The first-order valence-electron chi connectivity index (χ1n) is 8.53. The predicted octanol–water partition coefficient (Wildman–Crippen LogP) is 4.07. The van der Waals surface area contributed by atoms with Crippen LogP contribution in [0.5, 0.6) is 5.75 Å². The first-order valence-corrected chi connectivity index (χ1v) is 8.53. The lowest BCUT2D eigenvalue weighted by atomic mass is 10.1. The Morgan fingerprint density at radius 2 is 1.54 bits per heavy atom. The molecule has 0 atom stereocenters. The van der Waals surface area contributed by atoms with E-state index in [1.165, 1.54) is 4.80 Å². The van der Waals surface area contributed by atoms with Crippen molar-refractivity contribution in [1.29, 1.82) is 0 Å². The molecule has 0 aliphatic carbocycles. The van der Waals surface area contributed by atoms with Gasteiger partial charge < -0.3 is 10.0 Å². The molecule has 0 spiro atoms. The molecule has 4 aromatic rings. The summed E-state index contributed by atoms with van der Waals surface area (Å²) in [4.78, 5) is 3.62. The topological polar surface area (TPSA) is 54.2 Å². The highest BCUT2D eigenvalue weighted by molar-refractivity contribution is 5.73. The molecule has 0 saturated carbocycles.